The van der Waals surface area contributed by atoms with Crippen LogP contribution in [0.2, 0.25) is 0 Å². The lowest BCUT2D eigenvalue weighted by Crippen LogP contribution is -2.55. The Morgan fingerprint density at radius 1 is 0.806 bits per heavy atom. The van der Waals surface area contributed by atoms with Gasteiger partial charge in [0.05, 0.1) is 5.56 Å². The third-order valence-corrected chi connectivity index (χ3v) is 7.40. The number of rotatable bonds is 6. The first-order valence-corrected chi connectivity index (χ1v) is 12.9. The van der Waals surface area contributed by atoms with Gasteiger partial charge in [-0.3, -0.25) is 0 Å². The first-order valence-electron chi connectivity index (χ1n) is 12.9. The fourth-order valence-corrected chi connectivity index (χ4v) is 5.52. The van der Waals surface area contributed by atoms with Gasteiger partial charge < -0.3 is 15.5 Å². The molecule has 2 fully saturated rings. The van der Waals surface area contributed by atoms with E-state index in [2.05, 4.69) is 38.7 Å². The van der Waals surface area contributed by atoms with E-state index in [0.29, 0.717) is 18.1 Å². The van der Waals surface area contributed by atoms with E-state index in [1.54, 1.807) is 12.1 Å². The van der Waals surface area contributed by atoms with Gasteiger partial charge in [-0.05, 0) is 73.2 Å². The Labute approximate surface area is 210 Å². The third kappa shape index (κ3) is 6.01. The quantitative estimate of drug-likeness (QED) is 0.398. The predicted molar refractivity (Wildman–Crippen MR) is 139 cm³/mol. The zero-order valence-electron chi connectivity index (χ0n) is 20.3. The molecule has 2 heterocycles. The second-order valence-electron chi connectivity index (χ2n) is 9.93. The predicted octanol–water partition coefficient (Wildman–Crippen LogP) is 6.75. The van der Waals surface area contributed by atoms with Crippen LogP contribution in [0.4, 0.5) is 24.7 Å². The lowest BCUT2D eigenvalue weighted by atomic mass is 9.89. The van der Waals surface area contributed by atoms with E-state index in [1.807, 2.05) is 30.5 Å². The molecule has 1 saturated heterocycles. The number of pyridine rings is 1. The summed E-state index contributed by atoms with van der Waals surface area (Å²) in [6.07, 6.45) is 4.23. The molecule has 0 spiro atoms. The van der Waals surface area contributed by atoms with Crippen LogP contribution in [0.15, 0.2) is 72.9 Å². The van der Waals surface area contributed by atoms with E-state index in [0.717, 1.165) is 55.8 Å². The Bertz CT molecular complexity index is 1120. The maximum Gasteiger partial charge on any atom is 0.416 e. The van der Waals surface area contributed by atoms with E-state index < -0.39 is 11.7 Å². The number of halogens is 3. The summed E-state index contributed by atoms with van der Waals surface area (Å²) >= 11 is 0. The highest BCUT2D eigenvalue weighted by Gasteiger charge is 2.31. The van der Waals surface area contributed by atoms with Crippen LogP contribution in [-0.2, 0) is 6.18 Å². The van der Waals surface area contributed by atoms with Crippen molar-refractivity contribution in [2.45, 2.75) is 62.8 Å². The molecule has 3 atom stereocenters. The average molecular weight is 495 g/mol. The molecular formula is C29H33F3N4. The van der Waals surface area contributed by atoms with Crippen LogP contribution < -0.4 is 15.5 Å². The highest BCUT2D eigenvalue weighted by Crippen LogP contribution is 2.31. The van der Waals surface area contributed by atoms with Gasteiger partial charge in [-0.2, -0.15) is 13.2 Å². The standard InChI is InChI=1S/C29H33F3N4/c30-29(31,32)23-12-14-25(15-13-23)36-18-6-9-24(20-36)34-26-10-4-5-11-27(26)35-28-19-22(16-17-33-28)21-7-2-1-3-8-21/h1-3,7-8,12-17,19,24,26-27,34H,4-6,9-11,18,20H2,(H,33,35)/t24-,26+,27+/m0/s1. The molecule has 3 aromatic rings. The van der Waals surface area contributed by atoms with Crippen molar-refractivity contribution < 1.29 is 13.2 Å². The minimum atomic E-state index is -4.30. The Balaban J connectivity index is 1.23. The van der Waals surface area contributed by atoms with Crippen molar-refractivity contribution in [3.63, 3.8) is 0 Å². The maximum atomic E-state index is 13.0. The zero-order valence-corrected chi connectivity index (χ0v) is 20.3. The van der Waals surface area contributed by atoms with Crippen molar-refractivity contribution in [2.75, 3.05) is 23.3 Å². The van der Waals surface area contributed by atoms with Crippen LogP contribution in [0.25, 0.3) is 11.1 Å². The van der Waals surface area contributed by atoms with Gasteiger partial charge in [-0.15, -0.1) is 0 Å². The SMILES string of the molecule is FC(F)(F)c1ccc(N2CCC[C@H](N[C@@H]3CCCC[C@H]3Nc3cc(-c4ccccc4)ccn3)C2)cc1. The zero-order chi connectivity index (χ0) is 25.0. The molecule has 2 aromatic carbocycles. The van der Waals surface area contributed by atoms with Gasteiger partial charge in [0.15, 0.2) is 0 Å². The second-order valence-corrected chi connectivity index (χ2v) is 9.93. The maximum absolute atomic E-state index is 13.0. The molecule has 0 unspecified atom stereocenters. The molecule has 2 N–H and O–H groups in total. The van der Waals surface area contributed by atoms with E-state index in [9.17, 15) is 13.2 Å². The van der Waals surface area contributed by atoms with Gasteiger partial charge in [-0.1, -0.05) is 43.2 Å². The Morgan fingerprint density at radius 3 is 2.31 bits per heavy atom. The van der Waals surface area contributed by atoms with Gasteiger partial charge >= 0.3 is 6.18 Å². The van der Waals surface area contributed by atoms with Crippen LogP contribution >= 0.6 is 0 Å². The largest absolute Gasteiger partial charge is 0.416 e. The van der Waals surface area contributed by atoms with Crippen molar-refractivity contribution in [2.24, 2.45) is 0 Å². The minimum absolute atomic E-state index is 0.290. The van der Waals surface area contributed by atoms with Gasteiger partial charge in [0.1, 0.15) is 5.82 Å². The van der Waals surface area contributed by atoms with E-state index >= 15 is 0 Å². The van der Waals surface area contributed by atoms with Crippen LogP contribution in [0, 0.1) is 0 Å². The summed E-state index contributed by atoms with van der Waals surface area (Å²) in [4.78, 5) is 6.79. The summed E-state index contributed by atoms with van der Waals surface area (Å²) < 4.78 is 38.9. The molecule has 190 valence electrons. The number of aromatic nitrogens is 1. The van der Waals surface area contributed by atoms with Crippen molar-refractivity contribution in [3.05, 3.63) is 78.5 Å². The molecule has 4 nitrogen and oxygen atoms in total. The first kappa shape index (κ1) is 24.6. The number of piperidine rings is 1. The molecule has 5 rings (SSSR count). The minimum Gasteiger partial charge on any atom is -0.370 e. The fourth-order valence-electron chi connectivity index (χ4n) is 5.52. The number of nitrogens with one attached hydrogen (secondary N) is 2. The lowest BCUT2D eigenvalue weighted by Gasteiger charge is -2.40. The Kier molecular flexibility index (Phi) is 7.46. The molecule has 1 aromatic heterocycles. The Hall–Kier alpha value is -3.06. The summed E-state index contributed by atoms with van der Waals surface area (Å²) in [7, 11) is 0. The highest BCUT2D eigenvalue weighted by molar-refractivity contribution is 5.66. The molecule has 2 aliphatic rings. The average Bonchev–Trinajstić information content (AvgIpc) is 2.90. The van der Waals surface area contributed by atoms with Crippen LogP contribution in [0.1, 0.15) is 44.1 Å². The molecule has 36 heavy (non-hydrogen) atoms. The molecule has 0 bridgehead atoms. The molecule has 1 aliphatic heterocycles. The van der Waals surface area contributed by atoms with E-state index in [1.165, 1.54) is 30.5 Å². The first-order chi connectivity index (χ1) is 17.5. The van der Waals surface area contributed by atoms with Crippen molar-refractivity contribution in [1.82, 2.24) is 10.3 Å². The summed E-state index contributed by atoms with van der Waals surface area (Å²) in [6.45, 7) is 1.67. The fraction of sp³-hybridized carbons (Fsp3) is 0.414. The van der Waals surface area contributed by atoms with Crippen molar-refractivity contribution >= 4 is 11.5 Å². The molecule has 7 heteroatoms. The summed E-state index contributed by atoms with van der Waals surface area (Å²) in [5.41, 5.74) is 2.58. The third-order valence-electron chi connectivity index (χ3n) is 7.40. The summed E-state index contributed by atoms with van der Waals surface area (Å²) in [6, 6.07) is 21.0. The Morgan fingerprint density at radius 2 is 1.56 bits per heavy atom. The molecule has 0 amide bonds. The van der Waals surface area contributed by atoms with Gasteiger partial charge in [0, 0.05) is 43.1 Å². The second kappa shape index (κ2) is 10.9. The monoisotopic (exact) mass is 494 g/mol. The number of alkyl halides is 3. The number of hydrogen-bond donors (Lipinski definition) is 2. The number of nitrogens with zero attached hydrogens (tertiary/aromatic N) is 2. The van der Waals surface area contributed by atoms with Crippen molar-refractivity contribution in [3.8, 4) is 11.1 Å². The lowest BCUT2D eigenvalue weighted by molar-refractivity contribution is -0.137. The van der Waals surface area contributed by atoms with Crippen LogP contribution in [0.3, 0.4) is 0 Å². The van der Waals surface area contributed by atoms with Gasteiger partial charge in [0.25, 0.3) is 0 Å². The molecule has 0 radical (unpaired) electrons. The smallest absolute Gasteiger partial charge is 0.370 e. The number of benzene rings is 2. The van der Waals surface area contributed by atoms with E-state index in [4.69, 9.17) is 0 Å². The molecular weight excluding hydrogens is 461 g/mol. The number of anilines is 2. The normalized spacial score (nSPS) is 22.9. The van der Waals surface area contributed by atoms with Crippen LogP contribution in [-0.4, -0.2) is 36.2 Å². The summed E-state index contributed by atoms with van der Waals surface area (Å²) in [5, 5.41) is 7.60. The van der Waals surface area contributed by atoms with E-state index in [-0.39, 0.29) is 0 Å². The summed E-state index contributed by atoms with van der Waals surface area (Å²) in [5.74, 6) is 0.894. The topological polar surface area (TPSA) is 40.2 Å². The molecule has 1 saturated carbocycles. The van der Waals surface area contributed by atoms with Gasteiger partial charge in [-0.25, -0.2) is 4.98 Å². The van der Waals surface area contributed by atoms with Crippen LogP contribution in [0.5, 0.6) is 0 Å². The van der Waals surface area contributed by atoms with Crippen molar-refractivity contribution in [1.29, 1.82) is 0 Å². The molecule has 1 aliphatic carbocycles. The van der Waals surface area contributed by atoms with Gasteiger partial charge in [0.2, 0.25) is 0 Å². The highest BCUT2D eigenvalue weighted by atomic mass is 19.4. The number of hydrogen-bond acceptors (Lipinski definition) is 4.